The lowest BCUT2D eigenvalue weighted by molar-refractivity contribution is -0.140. The van der Waals surface area contributed by atoms with Crippen LogP contribution in [0.15, 0.2) is 0 Å². The zero-order chi connectivity index (χ0) is 12.3. The van der Waals surface area contributed by atoms with Crippen LogP contribution in [0, 0.1) is 5.92 Å². The van der Waals surface area contributed by atoms with Crippen molar-refractivity contribution in [1.82, 2.24) is 9.80 Å². The van der Waals surface area contributed by atoms with Gasteiger partial charge in [-0.15, -0.1) is 0 Å². The van der Waals surface area contributed by atoms with Crippen LogP contribution >= 0.6 is 11.8 Å². The van der Waals surface area contributed by atoms with Gasteiger partial charge in [0.15, 0.2) is 0 Å². The van der Waals surface area contributed by atoms with E-state index in [1.807, 2.05) is 21.6 Å². The van der Waals surface area contributed by atoms with Crippen LogP contribution in [0.5, 0.6) is 0 Å². The van der Waals surface area contributed by atoms with Crippen LogP contribution in [-0.2, 0) is 9.59 Å². The van der Waals surface area contributed by atoms with Gasteiger partial charge in [0.25, 0.3) is 0 Å². The molecule has 17 heavy (non-hydrogen) atoms. The quantitative estimate of drug-likeness (QED) is 0.770. The van der Waals surface area contributed by atoms with Gasteiger partial charge in [0.2, 0.25) is 5.91 Å². The molecule has 2 saturated heterocycles. The molecule has 0 aromatic heterocycles. The first-order valence-electron chi connectivity index (χ1n) is 5.97. The van der Waals surface area contributed by atoms with Crippen molar-refractivity contribution in [2.75, 3.05) is 44.2 Å². The van der Waals surface area contributed by atoms with Crippen LogP contribution in [0.25, 0.3) is 0 Å². The van der Waals surface area contributed by atoms with Gasteiger partial charge < -0.3 is 10.0 Å². The standard InChI is InChI=1S/C11H18N2O3S/c14-10(15)7-12-2-4-13(5-3-12)11(16)9-1-6-17-8-9/h9H,1-8H2,(H,14,15). The number of rotatable bonds is 3. The Bertz CT molecular complexity index is 297. The van der Waals surface area contributed by atoms with E-state index in [1.165, 1.54) is 0 Å². The zero-order valence-electron chi connectivity index (χ0n) is 9.80. The molecule has 2 fully saturated rings. The minimum atomic E-state index is -0.794. The molecule has 1 N–H and O–H groups in total. The third kappa shape index (κ3) is 3.35. The number of piperazine rings is 1. The average molecular weight is 258 g/mol. The number of carboxylic acid groups (broad SMARTS) is 1. The summed E-state index contributed by atoms with van der Waals surface area (Å²) in [5.41, 5.74) is 0. The Labute approximate surface area is 105 Å². The first kappa shape index (κ1) is 12.7. The van der Waals surface area contributed by atoms with E-state index >= 15 is 0 Å². The smallest absolute Gasteiger partial charge is 0.317 e. The van der Waals surface area contributed by atoms with Crippen molar-refractivity contribution in [3.05, 3.63) is 0 Å². The molecule has 2 heterocycles. The minimum Gasteiger partial charge on any atom is -0.480 e. The lowest BCUT2D eigenvalue weighted by atomic mass is 10.1. The van der Waals surface area contributed by atoms with Gasteiger partial charge in [-0.3, -0.25) is 14.5 Å². The maximum Gasteiger partial charge on any atom is 0.317 e. The third-order valence-corrected chi connectivity index (χ3v) is 4.48. The SMILES string of the molecule is O=C(O)CN1CCN(C(=O)C2CCSC2)CC1. The fourth-order valence-corrected chi connectivity index (χ4v) is 3.52. The molecule has 1 atom stereocenters. The second-order valence-corrected chi connectivity index (χ2v) is 5.71. The van der Waals surface area contributed by atoms with Crippen LogP contribution in [0.3, 0.4) is 0 Å². The van der Waals surface area contributed by atoms with Gasteiger partial charge in [-0.05, 0) is 12.2 Å². The van der Waals surface area contributed by atoms with E-state index in [0.29, 0.717) is 26.2 Å². The van der Waals surface area contributed by atoms with E-state index in [4.69, 9.17) is 5.11 Å². The van der Waals surface area contributed by atoms with Gasteiger partial charge in [0.05, 0.1) is 6.54 Å². The molecule has 0 aromatic rings. The van der Waals surface area contributed by atoms with E-state index in [2.05, 4.69) is 0 Å². The molecule has 0 aromatic carbocycles. The Morgan fingerprint density at radius 3 is 2.47 bits per heavy atom. The number of hydrogen-bond donors (Lipinski definition) is 1. The number of aliphatic carboxylic acids is 1. The summed E-state index contributed by atoms with van der Waals surface area (Å²) in [7, 11) is 0. The number of thioether (sulfide) groups is 1. The molecule has 0 radical (unpaired) electrons. The maximum atomic E-state index is 12.1. The highest BCUT2D eigenvalue weighted by atomic mass is 32.2. The van der Waals surface area contributed by atoms with Gasteiger partial charge in [-0.2, -0.15) is 11.8 Å². The lowest BCUT2D eigenvalue weighted by Gasteiger charge is -2.35. The molecule has 2 rings (SSSR count). The Kier molecular flexibility index (Phi) is 4.28. The second-order valence-electron chi connectivity index (χ2n) is 4.56. The fourth-order valence-electron chi connectivity index (χ4n) is 2.31. The van der Waals surface area contributed by atoms with Crippen molar-refractivity contribution in [1.29, 1.82) is 0 Å². The van der Waals surface area contributed by atoms with E-state index in [1.54, 1.807) is 0 Å². The van der Waals surface area contributed by atoms with Crippen molar-refractivity contribution in [3.8, 4) is 0 Å². The van der Waals surface area contributed by atoms with Crippen LogP contribution in [0.4, 0.5) is 0 Å². The third-order valence-electron chi connectivity index (χ3n) is 3.32. The largest absolute Gasteiger partial charge is 0.480 e. The van der Waals surface area contributed by atoms with E-state index in [9.17, 15) is 9.59 Å². The number of nitrogens with zero attached hydrogens (tertiary/aromatic N) is 2. The van der Waals surface area contributed by atoms with Crippen molar-refractivity contribution in [3.63, 3.8) is 0 Å². The normalized spacial score (nSPS) is 26.1. The highest BCUT2D eigenvalue weighted by molar-refractivity contribution is 7.99. The average Bonchev–Trinajstić information content (AvgIpc) is 2.82. The summed E-state index contributed by atoms with van der Waals surface area (Å²) in [5, 5.41) is 8.69. The highest BCUT2D eigenvalue weighted by Crippen LogP contribution is 2.25. The summed E-state index contributed by atoms with van der Waals surface area (Å²) in [4.78, 5) is 26.5. The molecule has 5 nitrogen and oxygen atoms in total. The van der Waals surface area contributed by atoms with Crippen LogP contribution < -0.4 is 0 Å². The molecule has 96 valence electrons. The van der Waals surface area contributed by atoms with Crippen molar-refractivity contribution < 1.29 is 14.7 Å². The Balaban J connectivity index is 1.78. The highest BCUT2D eigenvalue weighted by Gasteiger charge is 2.29. The van der Waals surface area contributed by atoms with Crippen molar-refractivity contribution in [2.45, 2.75) is 6.42 Å². The fraction of sp³-hybridized carbons (Fsp3) is 0.818. The first-order valence-corrected chi connectivity index (χ1v) is 7.13. The molecule has 0 spiro atoms. The second kappa shape index (κ2) is 5.73. The summed E-state index contributed by atoms with van der Waals surface area (Å²) in [6.45, 7) is 2.79. The molecule has 0 aliphatic carbocycles. The predicted molar refractivity (Wildman–Crippen MR) is 66.1 cm³/mol. The number of amides is 1. The lowest BCUT2D eigenvalue weighted by Crippen LogP contribution is -2.51. The number of carbonyl (C=O) groups excluding carboxylic acids is 1. The van der Waals surface area contributed by atoms with E-state index in [-0.39, 0.29) is 18.4 Å². The molecular formula is C11H18N2O3S. The Morgan fingerprint density at radius 2 is 1.94 bits per heavy atom. The number of carbonyl (C=O) groups is 2. The number of carboxylic acids is 1. The van der Waals surface area contributed by atoms with Gasteiger partial charge in [-0.25, -0.2) is 0 Å². The van der Waals surface area contributed by atoms with Gasteiger partial charge in [-0.1, -0.05) is 0 Å². The molecule has 0 bridgehead atoms. The van der Waals surface area contributed by atoms with Crippen molar-refractivity contribution >= 4 is 23.6 Å². The van der Waals surface area contributed by atoms with Gasteiger partial charge in [0, 0.05) is 37.8 Å². The molecule has 0 saturated carbocycles. The zero-order valence-corrected chi connectivity index (χ0v) is 10.6. The predicted octanol–water partition coefficient (Wildman–Crippen LogP) is -0.0317. The molecule has 1 unspecified atom stereocenters. The van der Waals surface area contributed by atoms with Crippen LogP contribution in [0.2, 0.25) is 0 Å². The van der Waals surface area contributed by atoms with Crippen molar-refractivity contribution in [2.24, 2.45) is 5.92 Å². The first-order chi connectivity index (χ1) is 8.16. The Morgan fingerprint density at radius 1 is 1.24 bits per heavy atom. The molecule has 6 heteroatoms. The molecular weight excluding hydrogens is 240 g/mol. The topological polar surface area (TPSA) is 60.9 Å². The molecule has 1 amide bonds. The summed E-state index contributed by atoms with van der Waals surface area (Å²) >= 11 is 1.85. The Hall–Kier alpha value is -0.750. The van der Waals surface area contributed by atoms with Crippen LogP contribution in [0.1, 0.15) is 6.42 Å². The summed E-state index contributed by atoms with van der Waals surface area (Å²) in [5.74, 6) is 1.72. The number of hydrogen-bond acceptors (Lipinski definition) is 4. The summed E-state index contributed by atoms with van der Waals surface area (Å²) in [6.07, 6.45) is 0.999. The van der Waals surface area contributed by atoms with Crippen LogP contribution in [-0.4, -0.2) is 71.0 Å². The summed E-state index contributed by atoms with van der Waals surface area (Å²) in [6, 6.07) is 0. The minimum absolute atomic E-state index is 0.0846. The van der Waals surface area contributed by atoms with Gasteiger partial charge in [0.1, 0.15) is 0 Å². The molecule has 2 aliphatic rings. The van der Waals surface area contributed by atoms with E-state index < -0.39 is 5.97 Å². The molecule has 2 aliphatic heterocycles. The van der Waals surface area contributed by atoms with E-state index in [0.717, 1.165) is 17.9 Å². The summed E-state index contributed by atoms with van der Waals surface area (Å²) < 4.78 is 0. The monoisotopic (exact) mass is 258 g/mol. The maximum absolute atomic E-state index is 12.1. The van der Waals surface area contributed by atoms with Gasteiger partial charge >= 0.3 is 5.97 Å².